The van der Waals surface area contributed by atoms with Gasteiger partial charge in [0.05, 0.1) is 22.6 Å². The Hall–Kier alpha value is -7.47. The summed E-state index contributed by atoms with van der Waals surface area (Å²) < 4.78 is 8.85. The van der Waals surface area contributed by atoms with E-state index in [1.54, 1.807) is 0 Å². The number of hydrogen-bond donors (Lipinski definition) is 0. The van der Waals surface area contributed by atoms with Crippen LogP contribution in [-0.2, 0) is 0 Å². The fourth-order valence-corrected chi connectivity index (χ4v) is 9.60. The van der Waals surface area contributed by atoms with E-state index in [0.29, 0.717) is 5.82 Å². The largest absolute Gasteiger partial charge is 0.456 e. The molecule has 0 aliphatic carbocycles. The number of hydrogen-bond acceptors (Lipinski definition) is 5. The lowest BCUT2D eigenvalue weighted by atomic mass is 9.94. The molecule has 0 fully saturated rings. The van der Waals surface area contributed by atoms with Gasteiger partial charge in [-0.3, -0.25) is 0 Å². The highest BCUT2D eigenvalue weighted by Gasteiger charge is 2.18. The van der Waals surface area contributed by atoms with Crippen LogP contribution in [0.25, 0.3) is 120 Å². The summed E-state index contributed by atoms with van der Waals surface area (Å²) >= 11 is 1.85. The van der Waals surface area contributed by atoms with E-state index >= 15 is 0 Å². The van der Waals surface area contributed by atoms with Gasteiger partial charge in [0, 0.05) is 69.4 Å². The zero-order chi connectivity index (χ0) is 38.2. The number of para-hydroxylation sites is 1. The molecular weight excluding hydrogens is 727 g/mol. The fourth-order valence-electron chi connectivity index (χ4n) is 8.48. The fraction of sp³-hybridized carbons (Fsp3) is 0. The highest BCUT2D eigenvalue weighted by atomic mass is 32.1. The molecule has 0 saturated heterocycles. The van der Waals surface area contributed by atoms with Crippen molar-refractivity contribution in [2.75, 3.05) is 0 Å². The molecule has 5 heteroatoms. The summed E-state index contributed by atoms with van der Waals surface area (Å²) in [5.41, 5.74) is 11.7. The SMILES string of the molecule is c1ccc(-c2nc(-c3ccc(-c4ccc5c(c4)nc(-c4ccccc4)c4ccc6sc7ccccc7c6c45)cc3)cc(-c3ccc4c(c3)oc3ccccc34)n2)cc1. The maximum absolute atomic E-state index is 6.26. The first kappa shape index (κ1) is 32.7. The number of furan rings is 1. The third-order valence-corrected chi connectivity index (χ3v) is 12.4. The van der Waals surface area contributed by atoms with Gasteiger partial charge in [-0.15, -0.1) is 11.3 Å². The molecule has 0 unspecified atom stereocenters. The van der Waals surface area contributed by atoms with Gasteiger partial charge in [-0.05, 0) is 53.6 Å². The minimum absolute atomic E-state index is 0.677. The van der Waals surface area contributed by atoms with Gasteiger partial charge in [0.2, 0.25) is 0 Å². The number of benzene rings is 8. The van der Waals surface area contributed by atoms with Crippen molar-refractivity contribution in [2.45, 2.75) is 0 Å². The van der Waals surface area contributed by atoms with E-state index in [-0.39, 0.29) is 0 Å². The Morgan fingerprint density at radius 3 is 1.79 bits per heavy atom. The monoisotopic (exact) mass is 757 g/mol. The lowest BCUT2D eigenvalue weighted by Gasteiger charge is -2.13. The number of aromatic nitrogens is 3. The summed E-state index contributed by atoms with van der Waals surface area (Å²) in [5, 5.41) is 8.38. The lowest BCUT2D eigenvalue weighted by molar-refractivity contribution is 0.669. The topological polar surface area (TPSA) is 51.8 Å². The molecule has 0 aliphatic rings. The maximum Gasteiger partial charge on any atom is 0.160 e. The zero-order valence-corrected chi connectivity index (χ0v) is 31.9. The van der Waals surface area contributed by atoms with E-state index in [4.69, 9.17) is 19.4 Å². The van der Waals surface area contributed by atoms with Gasteiger partial charge in [0.15, 0.2) is 5.82 Å². The van der Waals surface area contributed by atoms with E-state index in [1.165, 1.54) is 30.9 Å². The van der Waals surface area contributed by atoms with Crippen LogP contribution in [0.3, 0.4) is 0 Å². The molecule has 4 heterocycles. The minimum Gasteiger partial charge on any atom is -0.456 e. The standard InChI is InChI=1S/C53H31N3OS/c1-3-11-34(12-4-1)52-42-27-28-49-51(41-16-8-10-18-48(41)58-49)50(42)40-26-23-36(29-45(40)54-52)32-19-21-33(22-20-32)43-31-44(56-53(55-43)35-13-5-2-6-14-35)37-24-25-39-38-15-7-9-17-46(38)57-47(39)30-37/h1-31H. The molecule has 12 rings (SSSR count). The van der Waals surface area contributed by atoms with Crippen molar-refractivity contribution in [3.05, 3.63) is 188 Å². The summed E-state index contributed by atoms with van der Waals surface area (Å²) in [6.07, 6.45) is 0. The Bertz CT molecular complexity index is 3550. The van der Waals surface area contributed by atoms with Gasteiger partial charge < -0.3 is 4.42 Å². The predicted octanol–water partition coefficient (Wildman–Crippen LogP) is 14.8. The van der Waals surface area contributed by atoms with Gasteiger partial charge >= 0.3 is 0 Å². The van der Waals surface area contributed by atoms with Crippen LogP contribution in [0.4, 0.5) is 0 Å². The molecule has 0 radical (unpaired) electrons. The van der Waals surface area contributed by atoms with Gasteiger partial charge in [0.1, 0.15) is 11.2 Å². The van der Waals surface area contributed by atoms with Gasteiger partial charge in [-0.2, -0.15) is 0 Å². The smallest absolute Gasteiger partial charge is 0.160 e. The van der Waals surface area contributed by atoms with E-state index in [2.05, 4.69) is 152 Å². The number of thiophene rings is 1. The quantitative estimate of drug-likeness (QED) is 0.164. The van der Waals surface area contributed by atoms with Crippen LogP contribution in [0, 0.1) is 0 Å². The number of rotatable bonds is 5. The number of nitrogens with zero attached hydrogens (tertiary/aromatic N) is 3. The van der Waals surface area contributed by atoms with Crippen molar-refractivity contribution in [1.29, 1.82) is 0 Å². The summed E-state index contributed by atoms with van der Waals surface area (Å²) in [6, 6.07) is 66.0. The van der Waals surface area contributed by atoms with Gasteiger partial charge in [-0.1, -0.05) is 146 Å². The van der Waals surface area contributed by atoms with Crippen molar-refractivity contribution < 1.29 is 4.42 Å². The first-order chi connectivity index (χ1) is 28.7. The number of pyridine rings is 1. The normalized spacial score (nSPS) is 11.8. The van der Waals surface area contributed by atoms with E-state index in [0.717, 1.165) is 83.3 Å². The Morgan fingerprint density at radius 1 is 0.345 bits per heavy atom. The van der Waals surface area contributed by atoms with Crippen molar-refractivity contribution in [3.8, 4) is 56.3 Å². The molecule has 0 atom stereocenters. The number of fused-ring (bicyclic) bond motifs is 10. The third kappa shape index (κ3) is 5.32. The molecule has 12 aromatic rings. The summed E-state index contributed by atoms with van der Waals surface area (Å²) in [6.45, 7) is 0. The maximum atomic E-state index is 6.26. The van der Waals surface area contributed by atoms with Crippen molar-refractivity contribution >= 4 is 75.1 Å². The van der Waals surface area contributed by atoms with Gasteiger partial charge in [0.25, 0.3) is 0 Å². The molecule has 270 valence electrons. The molecule has 0 N–H and O–H groups in total. The van der Waals surface area contributed by atoms with E-state index < -0.39 is 0 Å². The van der Waals surface area contributed by atoms with E-state index in [9.17, 15) is 0 Å². The molecule has 4 aromatic heterocycles. The molecule has 0 bridgehead atoms. The minimum atomic E-state index is 0.677. The molecule has 0 aliphatic heterocycles. The van der Waals surface area contributed by atoms with Crippen LogP contribution in [0.2, 0.25) is 0 Å². The summed E-state index contributed by atoms with van der Waals surface area (Å²) in [7, 11) is 0. The Morgan fingerprint density at radius 2 is 0.966 bits per heavy atom. The summed E-state index contributed by atoms with van der Waals surface area (Å²) in [4.78, 5) is 15.6. The average molecular weight is 758 g/mol. The van der Waals surface area contributed by atoms with Crippen molar-refractivity contribution in [1.82, 2.24) is 15.0 Å². The molecular formula is C53H31N3OS. The second-order valence-corrected chi connectivity index (χ2v) is 15.8. The average Bonchev–Trinajstić information content (AvgIpc) is 3.87. The van der Waals surface area contributed by atoms with Crippen molar-refractivity contribution in [2.24, 2.45) is 0 Å². The highest BCUT2D eigenvalue weighted by molar-refractivity contribution is 7.26. The highest BCUT2D eigenvalue weighted by Crippen LogP contribution is 2.44. The first-order valence-corrected chi connectivity index (χ1v) is 20.2. The van der Waals surface area contributed by atoms with Gasteiger partial charge in [-0.25, -0.2) is 15.0 Å². The van der Waals surface area contributed by atoms with Crippen LogP contribution in [0.5, 0.6) is 0 Å². The predicted molar refractivity (Wildman–Crippen MR) is 242 cm³/mol. The van der Waals surface area contributed by atoms with E-state index in [1.807, 2.05) is 47.7 Å². The Labute approximate surface area is 337 Å². The molecule has 8 aromatic carbocycles. The third-order valence-electron chi connectivity index (χ3n) is 11.3. The molecule has 4 nitrogen and oxygen atoms in total. The molecule has 58 heavy (non-hydrogen) atoms. The Kier molecular flexibility index (Phi) is 7.37. The van der Waals surface area contributed by atoms with Crippen LogP contribution in [0.1, 0.15) is 0 Å². The summed E-state index contributed by atoms with van der Waals surface area (Å²) in [5.74, 6) is 0.677. The van der Waals surface area contributed by atoms with Crippen LogP contribution >= 0.6 is 11.3 Å². The molecule has 0 spiro atoms. The zero-order valence-electron chi connectivity index (χ0n) is 31.1. The molecule has 0 saturated carbocycles. The molecule has 0 amide bonds. The Balaban J connectivity index is 0.981. The van der Waals surface area contributed by atoms with Crippen molar-refractivity contribution in [3.63, 3.8) is 0 Å². The second kappa shape index (κ2) is 13.1. The van der Waals surface area contributed by atoms with Crippen LogP contribution in [-0.4, -0.2) is 15.0 Å². The lowest BCUT2D eigenvalue weighted by Crippen LogP contribution is -1.96. The first-order valence-electron chi connectivity index (χ1n) is 19.4. The van der Waals surface area contributed by atoms with Crippen LogP contribution in [0.15, 0.2) is 192 Å². The second-order valence-electron chi connectivity index (χ2n) is 14.7. The van der Waals surface area contributed by atoms with Crippen LogP contribution < -0.4 is 0 Å².